The molecule has 6 nitrogen and oxygen atoms in total. The first-order valence-corrected chi connectivity index (χ1v) is 10.7. The van der Waals surface area contributed by atoms with Crippen LogP contribution in [0.3, 0.4) is 0 Å². The summed E-state index contributed by atoms with van der Waals surface area (Å²) >= 11 is 6.32. The van der Waals surface area contributed by atoms with Gasteiger partial charge >= 0.3 is 0 Å². The second kappa shape index (κ2) is 9.16. The molecular weight excluding hydrogens is 421 g/mol. The zero-order valence-corrected chi connectivity index (χ0v) is 17.9. The Bertz CT molecular complexity index is 1170. The Kier molecular flexibility index (Phi) is 6.34. The zero-order chi connectivity index (χ0) is 22.0. The van der Waals surface area contributed by atoms with Gasteiger partial charge in [-0.25, -0.2) is 9.49 Å². The number of likely N-dealkylation sites (tertiary alicyclic amines) is 1. The van der Waals surface area contributed by atoms with E-state index in [1.165, 1.54) is 6.07 Å². The average molecular weight is 444 g/mol. The second-order valence-electron chi connectivity index (χ2n) is 7.60. The van der Waals surface area contributed by atoms with Crippen molar-refractivity contribution < 1.29 is 13.9 Å². The van der Waals surface area contributed by atoms with E-state index < -0.39 is 5.82 Å². The first kappa shape index (κ1) is 21.5. The molecule has 2 aromatic carbocycles. The number of nitrogens with zero attached hydrogens (tertiary/aromatic N) is 2. The van der Waals surface area contributed by atoms with Gasteiger partial charge in [-0.1, -0.05) is 23.7 Å². The number of rotatable bonds is 5. The Hall–Kier alpha value is -2.77. The highest BCUT2D eigenvalue weighted by atomic mass is 35.5. The summed E-state index contributed by atoms with van der Waals surface area (Å²) in [6, 6.07) is 9.54. The van der Waals surface area contributed by atoms with Crippen LogP contribution in [0, 0.1) is 5.82 Å². The molecule has 3 aromatic rings. The lowest BCUT2D eigenvalue weighted by Gasteiger charge is -2.32. The number of aromatic nitrogens is 2. The SMILES string of the molecule is CCOC1CCN(C(=O)c2cc(Cc3n[nH]c(=O)c4cccc(Cl)c34)ccc2F)CC1. The molecule has 8 heteroatoms. The molecule has 1 aromatic heterocycles. The van der Waals surface area contributed by atoms with Crippen molar-refractivity contribution in [3.8, 4) is 0 Å². The summed E-state index contributed by atoms with van der Waals surface area (Å²) in [5.41, 5.74) is 0.969. The van der Waals surface area contributed by atoms with Gasteiger partial charge in [0, 0.05) is 31.5 Å². The predicted octanol–water partition coefficient (Wildman–Crippen LogP) is 3.95. The number of hydrogen-bond donors (Lipinski definition) is 1. The summed E-state index contributed by atoms with van der Waals surface area (Å²) in [6.45, 7) is 3.67. The number of halogens is 2. The molecule has 0 saturated carbocycles. The van der Waals surface area contributed by atoms with Gasteiger partial charge in [-0.3, -0.25) is 9.59 Å². The van der Waals surface area contributed by atoms with Crippen LogP contribution in [0.25, 0.3) is 10.8 Å². The molecule has 0 radical (unpaired) electrons. The summed E-state index contributed by atoms with van der Waals surface area (Å²) in [7, 11) is 0. The van der Waals surface area contributed by atoms with E-state index in [1.807, 2.05) is 6.92 Å². The summed E-state index contributed by atoms with van der Waals surface area (Å²) in [5, 5.41) is 8.04. The fraction of sp³-hybridized carbons (Fsp3) is 0.348. The van der Waals surface area contributed by atoms with E-state index in [0.29, 0.717) is 53.2 Å². The van der Waals surface area contributed by atoms with E-state index in [4.69, 9.17) is 16.3 Å². The van der Waals surface area contributed by atoms with Crippen LogP contribution >= 0.6 is 11.6 Å². The minimum absolute atomic E-state index is 0.0344. The standard InChI is InChI=1S/C23H23ClFN3O3/c1-2-31-15-8-10-28(11-9-15)23(30)17-12-14(6-7-19(17)25)13-20-21-16(22(29)27-26-20)4-3-5-18(21)24/h3-7,12,15H,2,8-11,13H2,1H3,(H,27,29). The summed E-state index contributed by atoms with van der Waals surface area (Å²) in [6.07, 6.45) is 1.93. The smallest absolute Gasteiger partial charge is 0.272 e. The van der Waals surface area contributed by atoms with Crippen LogP contribution in [0.5, 0.6) is 0 Å². The highest BCUT2D eigenvalue weighted by Gasteiger charge is 2.26. The van der Waals surface area contributed by atoms with Gasteiger partial charge < -0.3 is 9.64 Å². The van der Waals surface area contributed by atoms with Crippen LogP contribution in [0.15, 0.2) is 41.2 Å². The van der Waals surface area contributed by atoms with Crippen molar-refractivity contribution in [1.29, 1.82) is 0 Å². The number of nitrogens with one attached hydrogen (secondary N) is 1. The molecule has 1 fully saturated rings. The highest BCUT2D eigenvalue weighted by molar-refractivity contribution is 6.35. The van der Waals surface area contributed by atoms with Gasteiger partial charge in [-0.2, -0.15) is 5.10 Å². The number of aromatic amines is 1. The Balaban J connectivity index is 1.60. The third-order valence-corrected chi connectivity index (χ3v) is 5.92. The number of carbonyl (C=O) groups is 1. The van der Waals surface area contributed by atoms with Crippen molar-refractivity contribution in [2.75, 3.05) is 19.7 Å². The molecule has 1 N–H and O–H groups in total. The van der Waals surface area contributed by atoms with Crippen LogP contribution in [0.1, 0.15) is 41.4 Å². The predicted molar refractivity (Wildman–Crippen MR) is 117 cm³/mol. The van der Waals surface area contributed by atoms with Crippen molar-refractivity contribution in [2.45, 2.75) is 32.3 Å². The fourth-order valence-electron chi connectivity index (χ4n) is 4.04. The quantitative estimate of drug-likeness (QED) is 0.648. The number of fused-ring (bicyclic) bond motifs is 1. The molecule has 4 rings (SSSR count). The van der Waals surface area contributed by atoms with Gasteiger partial charge in [-0.05, 0) is 49.6 Å². The van der Waals surface area contributed by atoms with Gasteiger partial charge in [0.05, 0.1) is 27.8 Å². The fourth-order valence-corrected chi connectivity index (χ4v) is 4.32. The van der Waals surface area contributed by atoms with Gasteiger partial charge in [0.25, 0.3) is 11.5 Å². The van der Waals surface area contributed by atoms with Crippen molar-refractivity contribution in [3.63, 3.8) is 0 Å². The van der Waals surface area contributed by atoms with Crippen molar-refractivity contribution in [3.05, 3.63) is 74.4 Å². The van der Waals surface area contributed by atoms with E-state index in [9.17, 15) is 14.0 Å². The molecule has 0 bridgehead atoms. The number of benzene rings is 2. The van der Waals surface area contributed by atoms with Crippen LogP contribution in [0.4, 0.5) is 4.39 Å². The number of hydrogen-bond acceptors (Lipinski definition) is 4. The highest BCUT2D eigenvalue weighted by Crippen LogP contribution is 2.26. The van der Waals surface area contributed by atoms with Gasteiger partial charge in [-0.15, -0.1) is 0 Å². The zero-order valence-electron chi connectivity index (χ0n) is 17.2. The lowest BCUT2D eigenvalue weighted by atomic mass is 10.0. The molecule has 31 heavy (non-hydrogen) atoms. The van der Waals surface area contributed by atoms with Crippen LogP contribution in [-0.2, 0) is 11.2 Å². The van der Waals surface area contributed by atoms with E-state index in [1.54, 1.807) is 35.2 Å². The van der Waals surface area contributed by atoms with E-state index in [0.717, 1.165) is 12.8 Å². The minimum Gasteiger partial charge on any atom is -0.378 e. The average Bonchev–Trinajstić information content (AvgIpc) is 2.77. The van der Waals surface area contributed by atoms with Gasteiger partial charge in [0.1, 0.15) is 5.82 Å². The van der Waals surface area contributed by atoms with Crippen LogP contribution in [0.2, 0.25) is 5.02 Å². The largest absolute Gasteiger partial charge is 0.378 e. The Labute approximate surface area is 184 Å². The van der Waals surface area contributed by atoms with E-state index >= 15 is 0 Å². The molecule has 1 aliphatic rings. The van der Waals surface area contributed by atoms with Gasteiger partial charge in [0.2, 0.25) is 0 Å². The molecule has 0 spiro atoms. The monoisotopic (exact) mass is 443 g/mol. The van der Waals surface area contributed by atoms with Crippen molar-refractivity contribution >= 4 is 28.3 Å². The Morgan fingerprint density at radius 3 is 2.81 bits per heavy atom. The second-order valence-corrected chi connectivity index (χ2v) is 8.01. The summed E-state index contributed by atoms with van der Waals surface area (Å²) in [5.74, 6) is -0.885. The first-order valence-electron chi connectivity index (χ1n) is 10.3. The third-order valence-electron chi connectivity index (χ3n) is 5.60. The number of ether oxygens (including phenoxy) is 1. The molecule has 1 amide bonds. The summed E-state index contributed by atoms with van der Waals surface area (Å²) < 4.78 is 20.1. The third kappa shape index (κ3) is 4.48. The molecule has 1 aliphatic heterocycles. The number of amides is 1. The molecule has 1 saturated heterocycles. The molecule has 0 unspecified atom stereocenters. The number of piperidine rings is 1. The minimum atomic E-state index is -0.557. The van der Waals surface area contributed by atoms with Crippen LogP contribution in [-0.4, -0.2) is 46.8 Å². The molecule has 162 valence electrons. The topological polar surface area (TPSA) is 75.3 Å². The number of H-pyrrole nitrogens is 1. The molecule has 0 aliphatic carbocycles. The molecular formula is C23H23ClFN3O3. The number of carbonyl (C=O) groups excluding carboxylic acids is 1. The van der Waals surface area contributed by atoms with E-state index in [2.05, 4.69) is 10.2 Å². The summed E-state index contributed by atoms with van der Waals surface area (Å²) in [4.78, 5) is 26.7. The maximum atomic E-state index is 14.5. The molecule has 2 heterocycles. The first-order chi connectivity index (χ1) is 15.0. The van der Waals surface area contributed by atoms with Crippen molar-refractivity contribution in [2.24, 2.45) is 0 Å². The molecule has 0 atom stereocenters. The normalized spacial score (nSPS) is 14.9. The van der Waals surface area contributed by atoms with E-state index in [-0.39, 0.29) is 23.1 Å². The lowest BCUT2D eigenvalue weighted by Crippen LogP contribution is -2.41. The Morgan fingerprint density at radius 2 is 2.06 bits per heavy atom. The maximum Gasteiger partial charge on any atom is 0.272 e. The van der Waals surface area contributed by atoms with Gasteiger partial charge in [0.15, 0.2) is 0 Å². The lowest BCUT2D eigenvalue weighted by molar-refractivity contribution is 0.0144. The van der Waals surface area contributed by atoms with Crippen molar-refractivity contribution in [1.82, 2.24) is 15.1 Å². The maximum absolute atomic E-state index is 14.5. The van der Waals surface area contributed by atoms with Crippen LogP contribution < -0.4 is 5.56 Å². The Morgan fingerprint density at radius 1 is 1.29 bits per heavy atom.